The molecule has 1 amide bonds. The molecule has 3 aromatic rings. The van der Waals surface area contributed by atoms with E-state index in [1.165, 1.54) is 5.56 Å². The van der Waals surface area contributed by atoms with E-state index in [1.54, 1.807) is 6.08 Å². The number of aryl methyl sites for hydroxylation is 3. The maximum absolute atomic E-state index is 12.4. The first kappa shape index (κ1) is 27.6. The number of allylic oxidation sites excluding steroid dienone is 5. The minimum Gasteiger partial charge on any atom is -0.366 e. The molecule has 0 atom stereocenters. The van der Waals surface area contributed by atoms with Crippen LogP contribution in [-0.2, 0) is 6.42 Å². The second kappa shape index (κ2) is 12.7. The molecule has 3 rings (SSSR count). The van der Waals surface area contributed by atoms with Crippen LogP contribution in [0.1, 0.15) is 79.0 Å². The predicted molar refractivity (Wildman–Crippen MR) is 147 cm³/mol. The normalized spacial score (nSPS) is 11.8. The van der Waals surface area contributed by atoms with Crippen molar-refractivity contribution in [2.75, 3.05) is 0 Å². The van der Waals surface area contributed by atoms with Crippen molar-refractivity contribution in [3.63, 3.8) is 0 Å². The minimum absolute atomic E-state index is 0.187. The van der Waals surface area contributed by atoms with Gasteiger partial charge in [0.25, 0.3) is 0 Å². The number of benzene rings is 2. The number of aromatic nitrogens is 1. The molecule has 2 N–H and O–H groups in total. The highest BCUT2D eigenvalue weighted by molar-refractivity contribution is 6.02. The van der Waals surface area contributed by atoms with E-state index in [2.05, 4.69) is 62.8 Å². The number of nitrogens with two attached hydrogens (primary N) is 1. The summed E-state index contributed by atoms with van der Waals surface area (Å²) in [5.74, 6) is 0.440. The molecule has 0 aliphatic heterocycles. The molecule has 0 bridgehead atoms. The first-order valence-electron chi connectivity index (χ1n) is 12.1. The van der Waals surface area contributed by atoms with Crippen LogP contribution in [0.15, 0.2) is 77.4 Å². The monoisotopic (exact) mass is 470 g/mol. The Bertz CT molecular complexity index is 1210. The summed E-state index contributed by atoms with van der Waals surface area (Å²) in [6, 6.07) is 14.4. The van der Waals surface area contributed by atoms with Crippen molar-refractivity contribution in [1.29, 1.82) is 0 Å². The highest BCUT2D eigenvalue weighted by atomic mass is 16.5. The highest BCUT2D eigenvalue weighted by Gasteiger charge is 2.22. The van der Waals surface area contributed by atoms with Gasteiger partial charge >= 0.3 is 0 Å². The average Bonchev–Trinajstić information content (AvgIpc) is 3.18. The molecule has 0 aliphatic carbocycles. The van der Waals surface area contributed by atoms with Gasteiger partial charge in [-0.2, -0.15) is 0 Å². The Morgan fingerprint density at radius 1 is 1.17 bits per heavy atom. The molecule has 1 aromatic heterocycles. The highest BCUT2D eigenvalue weighted by Crippen LogP contribution is 2.37. The van der Waals surface area contributed by atoms with E-state index in [0.29, 0.717) is 5.56 Å². The Labute approximate surface area is 210 Å². The number of primary amides is 1. The largest absolute Gasteiger partial charge is 0.366 e. The van der Waals surface area contributed by atoms with Crippen LogP contribution in [0.3, 0.4) is 0 Å². The molecule has 1 heterocycles. The van der Waals surface area contributed by atoms with Crippen molar-refractivity contribution in [1.82, 2.24) is 5.16 Å². The van der Waals surface area contributed by atoms with Crippen LogP contribution >= 0.6 is 0 Å². The fourth-order valence-corrected chi connectivity index (χ4v) is 4.17. The van der Waals surface area contributed by atoms with Crippen LogP contribution in [0.25, 0.3) is 16.7 Å². The van der Waals surface area contributed by atoms with E-state index < -0.39 is 5.91 Å². The fraction of sp³-hybridized carbons (Fsp3) is 0.290. The standard InChI is InChI=1S/C23H28N2O2.C8H10/c1-8-10-14(5)18(9-2)22-19(13(3)4)11-17(12-20(22)23(24)26)21-15(6)25-27-16(21)7;1-2-8-6-4-3-5-7-8/h8-13H,2H2,1,3-7H3,(H2,24,26);3-7H,2H2,1H3/b10-8-,18-14+;. The lowest BCUT2D eigenvalue weighted by atomic mass is 9.83. The SMILES string of the molecule is C=C/C(=C(C)\C=C/C)c1c(C(N)=O)cc(-c2c(C)noc2C)cc1C(C)C.CCc1ccccc1. The van der Waals surface area contributed by atoms with Crippen molar-refractivity contribution in [2.24, 2.45) is 5.73 Å². The fourth-order valence-electron chi connectivity index (χ4n) is 4.17. The van der Waals surface area contributed by atoms with Crippen molar-refractivity contribution in [3.8, 4) is 11.1 Å². The molecule has 0 saturated heterocycles. The lowest BCUT2D eigenvalue weighted by molar-refractivity contribution is 0.1000. The lowest BCUT2D eigenvalue weighted by Crippen LogP contribution is -2.16. The van der Waals surface area contributed by atoms with Crippen molar-refractivity contribution in [3.05, 3.63) is 107 Å². The third-order valence-corrected chi connectivity index (χ3v) is 5.94. The van der Waals surface area contributed by atoms with Gasteiger partial charge in [0.15, 0.2) is 0 Å². The van der Waals surface area contributed by atoms with Crippen LogP contribution in [0.2, 0.25) is 0 Å². The van der Waals surface area contributed by atoms with Gasteiger partial charge in [0.1, 0.15) is 5.76 Å². The first-order valence-corrected chi connectivity index (χ1v) is 12.1. The van der Waals surface area contributed by atoms with E-state index in [-0.39, 0.29) is 5.92 Å². The van der Waals surface area contributed by atoms with Crippen LogP contribution in [0, 0.1) is 13.8 Å². The second-order valence-electron chi connectivity index (χ2n) is 8.85. The van der Waals surface area contributed by atoms with Gasteiger partial charge in [-0.1, -0.05) is 87.1 Å². The quantitative estimate of drug-likeness (QED) is 0.356. The number of hydrogen-bond donors (Lipinski definition) is 1. The lowest BCUT2D eigenvalue weighted by Gasteiger charge is -2.20. The van der Waals surface area contributed by atoms with E-state index in [0.717, 1.165) is 51.3 Å². The smallest absolute Gasteiger partial charge is 0.249 e. The molecule has 35 heavy (non-hydrogen) atoms. The number of hydrogen-bond acceptors (Lipinski definition) is 3. The summed E-state index contributed by atoms with van der Waals surface area (Å²) in [4.78, 5) is 12.4. The first-order chi connectivity index (χ1) is 16.7. The number of carbonyl (C=O) groups excluding carboxylic acids is 1. The Kier molecular flexibility index (Phi) is 10.0. The van der Waals surface area contributed by atoms with Gasteiger partial charge in [0.05, 0.1) is 5.69 Å². The summed E-state index contributed by atoms with van der Waals surface area (Å²) in [6.07, 6.45) is 6.91. The molecule has 0 unspecified atom stereocenters. The van der Waals surface area contributed by atoms with Gasteiger partial charge in [-0.15, -0.1) is 0 Å². The molecule has 0 saturated carbocycles. The summed E-state index contributed by atoms with van der Waals surface area (Å²) in [6.45, 7) is 18.1. The molecule has 0 spiro atoms. The van der Waals surface area contributed by atoms with Gasteiger partial charge in [-0.25, -0.2) is 0 Å². The van der Waals surface area contributed by atoms with Crippen molar-refractivity contribution >= 4 is 11.5 Å². The summed E-state index contributed by atoms with van der Waals surface area (Å²) >= 11 is 0. The molecule has 0 fully saturated rings. The topological polar surface area (TPSA) is 69.1 Å². The number of rotatable bonds is 7. The Balaban J connectivity index is 0.000000456. The van der Waals surface area contributed by atoms with Gasteiger partial charge in [0.2, 0.25) is 5.91 Å². The van der Waals surface area contributed by atoms with Gasteiger partial charge in [-0.3, -0.25) is 4.79 Å². The van der Waals surface area contributed by atoms with Crippen molar-refractivity contribution in [2.45, 2.75) is 60.8 Å². The zero-order chi connectivity index (χ0) is 26.1. The van der Waals surface area contributed by atoms with E-state index in [4.69, 9.17) is 10.3 Å². The van der Waals surface area contributed by atoms with E-state index >= 15 is 0 Å². The number of nitrogens with zero attached hydrogens (tertiary/aromatic N) is 1. The van der Waals surface area contributed by atoms with Crippen LogP contribution in [-0.4, -0.2) is 11.1 Å². The Morgan fingerprint density at radius 3 is 2.26 bits per heavy atom. The molecule has 4 nitrogen and oxygen atoms in total. The molecule has 0 aliphatic rings. The van der Waals surface area contributed by atoms with E-state index in [1.807, 2.05) is 52.0 Å². The van der Waals surface area contributed by atoms with Crippen LogP contribution < -0.4 is 5.73 Å². The van der Waals surface area contributed by atoms with Gasteiger partial charge < -0.3 is 10.3 Å². The van der Waals surface area contributed by atoms with Gasteiger partial charge in [-0.05, 0) is 79.5 Å². The van der Waals surface area contributed by atoms with Crippen LogP contribution in [0.5, 0.6) is 0 Å². The molecular weight excluding hydrogens is 432 g/mol. The van der Waals surface area contributed by atoms with Crippen molar-refractivity contribution < 1.29 is 9.32 Å². The maximum atomic E-state index is 12.4. The number of amides is 1. The summed E-state index contributed by atoms with van der Waals surface area (Å²) < 4.78 is 5.32. The third kappa shape index (κ3) is 6.69. The molecule has 0 radical (unpaired) electrons. The summed E-state index contributed by atoms with van der Waals surface area (Å²) in [5.41, 5.74) is 14.1. The molecule has 2 aromatic carbocycles. The predicted octanol–water partition coefficient (Wildman–Crippen LogP) is 7.97. The molecule has 184 valence electrons. The molecular formula is C31H38N2O2. The summed E-state index contributed by atoms with van der Waals surface area (Å²) in [7, 11) is 0. The maximum Gasteiger partial charge on any atom is 0.249 e. The summed E-state index contributed by atoms with van der Waals surface area (Å²) in [5, 5.41) is 4.04. The third-order valence-electron chi connectivity index (χ3n) is 5.94. The van der Waals surface area contributed by atoms with Crippen LogP contribution in [0.4, 0.5) is 0 Å². The van der Waals surface area contributed by atoms with Gasteiger partial charge in [0, 0.05) is 11.1 Å². The minimum atomic E-state index is -0.465. The zero-order valence-corrected chi connectivity index (χ0v) is 22.1. The number of carbonyl (C=O) groups is 1. The average molecular weight is 471 g/mol. The second-order valence-corrected chi connectivity index (χ2v) is 8.85. The Morgan fingerprint density at radius 2 is 1.83 bits per heavy atom. The van der Waals surface area contributed by atoms with E-state index in [9.17, 15) is 4.79 Å². The molecule has 4 heteroatoms. The zero-order valence-electron chi connectivity index (χ0n) is 22.1. The Hall–Kier alpha value is -3.66.